The number of ether oxygens (including phenoxy) is 2. The molecule has 4 aromatic rings. The van der Waals surface area contributed by atoms with Gasteiger partial charge in [-0.15, -0.1) is 0 Å². The third kappa shape index (κ3) is 5.08. The molecule has 36 heavy (non-hydrogen) atoms. The molecule has 0 radical (unpaired) electrons. The molecule has 0 unspecified atom stereocenters. The average molecular weight is 485 g/mol. The van der Waals surface area contributed by atoms with Crippen molar-refractivity contribution in [3.05, 3.63) is 78.1 Å². The van der Waals surface area contributed by atoms with Crippen molar-refractivity contribution in [1.29, 1.82) is 0 Å². The van der Waals surface area contributed by atoms with Gasteiger partial charge >= 0.3 is 0 Å². The molecule has 1 amide bonds. The Bertz CT molecular complexity index is 1420. The van der Waals surface area contributed by atoms with E-state index in [-0.39, 0.29) is 5.91 Å². The van der Waals surface area contributed by atoms with Gasteiger partial charge in [0.05, 0.1) is 20.0 Å². The van der Waals surface area contributed by atoms with Crippen molar-refractivity contribution >= 4 is 33.8 Å². The summed E-state index contributed by atoms with van der Waals surface area (Å²) in [4.78, 5) is 14.9. The SMILES string of the molecule is CCOc1c(/C(C)=C/C(=O)Nc2ccc(N(C)C)cc2)cc2c(-c3cccc(OC)c3)coc2c1C. The second-order valence-electron chi connectivity index (χ2n) is 8.83. The number of anilines is 2. The van der Waals surface area contributed by atoms with Crippen LogP contribution < -0.4 is 19.7 Å². The van der Waals surface area contributed by atoms with Gasteiger partial charge < -0.3 is 24.1 Å². The lowest BCUT2D eigenvalue weighted by Gasteiger charge is -2.15. The normalized spacial score (nSPS) is 11.4. The number of amides is 1. The summed E-state index contributed by atoms with van der Waals surface area (Å²) in [5.41, 5.74) is 7.05. The van der Waals surface area contributed by atoms with Gasteiger partial charge in [-0.25, -0.2) is 0 Å². The second-order valence-corrected chi connectivity index (χ2v) is 8.83. The van der Waals surface area contributed by atoms with E-state index in [2.05, 4.69) is 5.32 Å². The lowest BCUT2D eigenvalue weighted by molar-refractivity contribution is -0.111. The smallest absolute Gasteiger partial charge is 0.248 e. The summed E-state index contributed by atoms with van der Waals surface area (Å²) < 4.78 is 17.4. The molecule has 0 spiro atoms. The number of nitrogens with one attached hydrogen (secondary N) is 1. The van der Waals surface area contributed by atoms with E-state index in [1.54, 1.807) is 19.4 Å². The molecular weight excluding hydrogens is 452 g/mol. The number of furan rings is 1. The number of methoxy groups -OCH3 is 1. The number of rotatable bonds is 8. The molecule has 0 saturated heterocycles. The maximum absolute atomic E-state index is 12.9. The van der Waals surface area contributed by atoms with Crippen LogP contribution in [0.4, 0.5) is 11.4 Å². The third-order valence-corrected chi connectivity index (χ3v) is 6.14. The summed E-state index contributed by atoms with van der Waals surface area (Å²) in [6, 6.07) is 17.6. The van der Waals surface area contributed by atoms with Crippen LogP contribution in [0.1, 0.15) is 25.0 Å². The number of nitrogens with zero attached hydrogens (tertiary/aromatic N) is 1. The van der Waals surface area contributed by atoms with E-state index >= 15 is 0 Å². The molecule has 0 fully saturated rings. The van der Waals surface area contributed by atoms with E-state index in [0.29, 0.717) is 12.4 Å². The molecule has 0 aliphatic carbocycles. The Balaban J connectivity index is 1.73. The van der Waals surface area contributed by atoms with Gasteiger partial charge in [0.1, 0.15) is 17.1 Å². The molecule has 6 nitrogen and oxygen atoms in total. The van der Waals surface area contributed by atoms with Crippen molar-refractivity contribution < 1.29 is 18.7 Å². The number of fused-ring (bicyclic) bond motifs is 1. The number of carbonyl (C=O) groups excluding carboxylic acids is 1. The highest BCUT2D eigenvalue weighted by atomic mass is 16.5. The topological polar surface area (TPSA) is 63.9 Å². The minimum Gasteiger partial charge on any atom is -0.497 e. The molecule has 1 heterocycles. The monoisotopic (exact) mass is 484 g/mol. The summed E-state index contributed by atoms with van der Waals surface area (Å²) in [5, 5.41) is 3.90. The zero-order valence-electron chi connectivity index (χ0n) is 21.6. The lowest BCUT2D eigenvalue weighted by Crippen LogP contribution is -2.10. The van der Waals surface area contributed by atoms with E-state index in [4.69, 9.17) is 13.9 Å². The number of allylic oxidation sites excluding steroid dienone is 1. The molecule has 1 aromatic heterocycles. The fourth-order valence-corrected chi connectivity index (χ4v) is 4.25. The first-order valence-electron chi connectivity index (χ1n) is 11.9. The molecule has 1 N–H and O–H groups in total. The predicted molar refractivity (Wildman–Crippen MR) is 147 cm³/mol. The van der Waals surface area contributed by atoms with Crippen LogP contribution in [0, 0.1) is 6.92 Å². The van der Waals surface area contributed by atoms with Crippen molar-refractivity contribution in [3.63, 3.8) is 0 Å². The predicted octanol–water partition coefficient (Wildman–Crippen LogP) is 6.92. The van der Waals surface area contributed by atoms with Crippen LogP contribution in [0.15, 0.2) is 71.4 Å². The molecule has 0 bridgehead atoms. The molecule has 4 rings (SSSR count). The zero-order valence-corrected chi connectivity index (χ0v) is 21.6. The van der Waals surface area contributed by atoms with Crippen LogP contribution in [0.2, 0.25) is 0 Å². The summed E-state index contributed by atoms with van der Waals surface area (Å²) >= 11 is 0. The highest BCUT2D eigenvalue weighted by Crippen LogP contribution is 2.41. The van der Waals surface area contributed by atoms with E-state index in [1.165, 1.54) is 0 Å². The molecule has 3 aromatic carbocycles. The van der Waals surface area contributed by atoms with Gasteiger partial charge in [0, 0.05) is 53.6 Å². The molecule has 0 aliphatic heterocycles. The lowest BCUT2D eigenvalue weighted by atomic mass is 9.96. The van der Waals surface area contributed by atoms with Gasteiger partial charge in [0.15, 0.2) is 0 Å². The van der Waals surface area contributed by atoms with Crippen LogP contribution in [0.5, 0.6) is 11.5 Å². The zero-order chi connectivity index (χ0) is 25.8. The van der Waals surface area contributed by atoms with Crippen molar-refractivity contribution in [3.8, 4) is 22.6 Å². The van der Waals surface area contributed by atoms with Gasteiger partial charge in [-0.3, -0.25) is 4.79 Å². The quantitative estimate of drug-likeness (QED) is 0.275. The Morgan fingerprint density at radius 1 is 1.11 bits per heavy atom. The Morgan fingerprint density at radius 2 is 1.86 bits per heavy atom. The number of benzene rings is 3. The maximum atomic E-state index is 12.9. The Labute approximate surface area is 212 Å². The molecule has 0 aliphatic rings. The van der Waals surface area contributed by atoms with Crippen molar-refractivity contribution in [2.45, 2.75) is 20.8 Å². The van der Waals surface area contributed by atoms with Gasteiger partial charge in [-0.2, -0.15) is 0 Å². The Hall–Kier alpha value is -4.19. The van der Waals surface area contributed by atoms with E-state index in [0.717, 1.165) is 55.9 Å². The first-order chi connectivity index (χ1) is 17.3. The highest BCUT2D eigenvalue weighted by molar-refractivity contribution is 6.06. The fraction of sp³-hybridized carbons (Fsp3) is 0.233. The summed E-state index contributed by atoms with van der Waals surface area (Å²) in [7, 11) is 5.61. The summed E-state index contributed by atoms with van der Waals surface area (Å²) in [6.45, 7) is 6.35. The van der Waals surface area contributed by atoms with Crippen LogP contribution in [-0.2, 0) is 4.79 Å². The van der Waals surface area contributed by atoms with Crippen molar-refractivity contribution in [2.75, 3.05) is 38.0 Å². The van der Waals surface area contributed by atoms with E-state index < -0.39 is 0 Å². The Morgan fingerprint density at radius 3 is 2.53 bits per heavy atom. The van der Waals surface area contributed by atoms with Gasteiger partial charge in [-0.05, 0) is 74.4 Å². The number of aryl methyl sites for hydroxylation is 1. The number of hydrogen-bond donors (Lipinski definition) is 1. The van der Waals surface area contributed by atoms with E-state index in [1.807, 2.05) is 94.4 Å². The first-order valence-corrected chi connectivity index (χ1v) is 11.9. The Kier molecular flexibility index (Phi) is 7.34. The average Bonchev–Trinajstić information content (AvgIpc) is 3.30. The maximum Gasteiger partial charge on any atom is 0.248 e. The third-order valence-electron chi connectivity index (χ3n) is 6.14. The van der Waals surface area contributed by atoms with Gasteiger partial charge in [0.25, 0.3) is 0 Å². The molecule has 186 valence electrons. The standard InChI is InChI=1S/C30H32N2O4/c1-7-35-29-20(3)30-26(27(18-36-30)21-9-8-10-24(16-21)34-6)17-25(29)19(2)15-28(33)31-22-11-13-23(14-12-22)32(4)5/h8-18H,7H2,1-6H3,(H,31,33)/b19-15+. The fourth-order valence-electron chi connectivity index (χ4n) is 4.25. The van der Waals surface area contributed by atoms with Gasteiger partial charge in [0.2, 0.25) is 5.91 Å². The van der Waals surface area contributed by atoms with Crippen molar-refractivity contribution in [1.82, 2.24) is 0 Å². The number of carbonyl (C=O) groups is 1. The van der Waals surface area contributed by atoms with E-state index in [9.17, 15) is 4.79 Å². The minimum absolute atomic E-state index is 0.203. The van der Waals surface area contributed by atoms with Crippen LogP contribution in [0.3, 0.4) is 0 Å². The molecule has 6 heteroatoms. The van der Waals surface area contributed by atoms with Crippen molar-refractivity contribution in [2.24, 2.45) is 0 Å². The highest BCUT2D eigenvalue weighted by Gasteiger charge is 2.19. The molecular formula is C30H32N2O4. The summed E-state index contributed by atoms with van der Waals surface area (Å²) in [6.07, 6.45) is 3.36. The van der Waals surface area contributed by atoms with Crippen LogP contribution in [-0.4, -0.2) is 33.7 Å². The largest absolute Gasteiger partial charge is 0.497 e. The first kappa shape index (κ1) is 24.9. The molecule has 0 saturated carbocycles. The molecule has 0 atom stereocenters. The van der Waals surface area contributed by atoms with Crippen LogP contribution >= 0.6 is 0 Å². The van der Waals surface area contributed by atoms with Gasteiger partial charge in [-0.1, -0.05) is 12.1 Å². The summed E-state index contributed by atoms with van der Waals surface area (Å²) in [5.74, 6) is 1.29. The number of hydrogen-bond acceptors (Lipinski definition) is 5. The van der Waals surface area contributed by atoms with Crippen LogP contribution in [0.25, 0.3) is 27.7 Å². The minimum atomic E-state index is -0.203. The second kappa shape index (κ2) is 10.6.